The highest BCUT2D eigenvalue weighted by molar-refractivity contribution is 6.03. The molecule has 1 amide bonds. The molecular weight excluding hydrogens is 234 g/mol. The van der Waals surface area contributed by atoms with Gasteiger partial charge in [-0.1, -0.05) is 48.5 Å². The first-order valence-corrected chi connectivity index (χ1v) is 6.41. The van der Waals surface area contributed by atoms with Crippen molar-refractivity contribution in [2.24, 2.45) is 0 Å². The van der Waals surface area contributed by atoms with E-state index < -0.39 is 0 Å². The third-order valence-corrected chi connectivity index (χ3v) is 2.87. The number of carbonyl (C=O) groups is 1. The lowest BCUT2D eigenvalue weighted by molar-refractivity contribution is -0.114. The van der Waals surface area contributed by atoms with Crippen molar-refractivity contribution in [2.75, 3.05) is 11.4 Å². The highest BCUT2D eigenvalue weighted by Gasteiger charge is 2.09. The number of hydrogen-bond acceptors (Lipinski definition) is 1. The lowest BCUT2D eigenvalue weighted by Gasteiger charge is -2.19. The van der Waals surface area contributed by atoms with Crippen LogP contribution in [0.15, 0.2) is 66.7 Å². The molecule has 2 rings (SSSR count). The van der Waals surface area contributed by atoms with E-state index >= 15 is 0 Å². The van der Waals surface area contributed by atoms with E-state index in [9.17, 15) is 4.79 Å². The monoisotopic (exact) mass is 251 g/mol. The molecule has 0 heterocycles. The normalized spacial score (nSPS) is 10.6. The van der Waals surface area contributed by atoms with Crippen LogP contribution in [0.4, 0.5) is 5.69 Å². The Labute approximate surface area is 114 Å². The minimum absolute atomic E-state index is 0.00227. The van der Waals surface area contributed by atoms with E-state index in [1.165, 1.54) is 0 Å². The number of para-hydroxylation sites is 1. The molecule has 0 aliphatic heterocycles. The summed E-state index contributed by atoms with van der Waals surface area (Å²) >= 11 is 0. The molecule has 2 nitrogen and oxygen atoms in total. The third kappa shape index (κ3) is 3.55. The van der Waals surface area contributed by atoms with Crippen molar-refractivity contribution in [3.63, 3.8) is 0 Å². The van der Waals surface area contributed by atoms with Crippen LogP contribution in [-0.4, -0.2) is 12.5 Å². The average Bonchev–Trinajstić information content (AvgIpc) is 2.48. The van der Waals surface area contributed by atoms with Crippen molar-refractivity contribution < 1.29 is 4.79 Å². The molecule has 0 aromatic heterocycles. The van der Waals surface area contributed by atoms with E-state index in [0.29, 0.717) is 6.54 Å². The van der Waals surface area contributed by atoms with Crippen molar-refractivity contribution in [1.82, 2.24) is 0 Å². The molecule has 0 N–H and O–H groups in total. The maximum Gasteiger partial charge on any atom is 0.250 e. The van der Waals surface area contributed by atoms with Crippen LogP contribution in [0, 0.1) is 0 Å². The van der Waals surface area contributed by atoms with E-state index in [2.05, 4.69) is 0 Å². The van der Waals surface area contributed by atoms with E-state index in [1.54, 1.807) is 11.0 Å². The number of nitrogens with zero attached hydrogens (tertiary/aromatic N) is 1. The Morgan fingerprint density at radius 3 is 2.16 bits per heavy atom. The van der Waals surface area contributed by atoms with Crippen LogP contribution in [0.2, 0.25) is 0 Å². The van der Waals surface area contributed by atoms with Crippen LogP contribution < -0.4 is 4.90 Å². The zero-order chi connectivity index (χ0) is 13.5. The molecular formula is C17H17NO. The number of hydrogen-bond donors (Lipinski definition) is 0. The van der Waals surface area contributed by atoms with Crippen LogP contribution in [-0.2, 0) is 4.79 Å². The number of rotatable bonds is 4. The Balaban J connectivity index is 2.12. The lowest BCUT2D eigenvalue weighted by atomic mass is 10.2. The van der Waals surface area contributed by atoms with Crippen molar-refractivity contribution in [1.29, 1.82) is 0 Å². The Bertz CT molecular complexity index is 546. The predicted molar refractivity (Wildman–Crippen MR) is 79.9 cm³/mol. The number of anilines is 1. The molecule has 0 aliphatic rings. The molecule has 0 unspecified atom stereocenters. The second-order valence-corrected chi connectivity index (χ2v) is 4.16. The molecule has 0 saturated heterocycles. The first-order valence-electron chi connectivity index (χ1n) is 6.41. The van der Waals surface area contributed by atoms with Gasteiger partial charge in [0.1, 0.15) is 0 Å². The van der Waals surface area contributed by atoms with E-state index in [0.717, 1.165) is 11.3 Å². The second-order valence-electron chi connectivity index (χ2n) is 4.16. The Morgan fingerprint density at radius 1 is 1.00 bits per heavy atom. The van der Waals surface area contributed by atoms with Crippen LogP contribution in [0.1, 0.15) is 12.5 Å². The number of amides is 1. The molecule has 0 spiro atoms. The number of likely N-dealkylation sites (N-methyl/N-ethyl adjacent to an activating group) is 1. The van der Waals surface area contributed by atoms with Gasteiger partial charge in [0, 0.05) is 18.3 Å². The molecule has 0 aliphatic carbocycles. The van der Waals surface area contributed by atoms with E-state index in [1.807, 2.05) is 73.7 Å². The molecule has 0 fully saturated rings. The molecule has 2 aromatic rings. The lowest BCUT2D eigenvalue weighted by Crippen LogP contribution is -2.28. The summed E-state index contributed by atoms with van der Waals surface area (Å²) in [5.74, 6) is -0.00227. The summed E-state index contributed by atoms with van der Waals surface area (Å²) in [5, 5.41) is 0. The van der Waals surface area contributed by atoms with Gasteiger partial charge in [-0.05, 0) is 30.7 Å². The summed E-state index contributed by atoms with van der Waals surface area (Å²) in [6, 6.07) is 19.5. The molecule has 0 atom stereocenters. The fourth-order valence-corrected chi connectivity index (χ4v) is 1.90. The molecule has 2 aromatic carbocycles. The van der Waals surface area contributed by atoms with Gasteiger partial charge >= 0.3 is 0 Å². The molecule has 0 saturated carbocycles. The average molecular weight is 251 g/mol. The summed E-state index contributed by atoms with van der Waals surface area (Å²) in [6.07, 6.45) is 3.46. The highest BCUT2D eigenvalue weighted by atomic mass is 16.2. The van der Waals surface area contributed by atoms with E-state index in [4.69, 9.17) is 0 Å². The van der Waals surface area contributed by atoms with Gasteiger partial charge in [0.25, 0.3) is 5.91 Å². The van der Waals surface area contributed by atoms with E-state index in [-0.39, 0.29) is 5.91 Å². The topological polar surface area (TPSA) is 20.3 Å². The second kappa shape index (κ2) is 6.55. The summed E-state index contributed by atoms with van der Waals surface area (Å²) in [7, 11) is 0. The smallest absolute Gasteiger partial charge is 0.250 e. The third-order valence-electron chi connectivity index (χ3n) is 2.87. The molecule has 96 valence electrons. The fourth-order valence-electron chi connectivity index (χ4n) is 1.90. The van der Waals surface area contributed by atoms with Gasteiger partial charge < -0.3 is 4.90 Å². The molecule has 0 bridgehead atoms. The van der Waals surface area contributed by atoms with Crippen LogP contribution >= 0.6 is 0 Å². The number of carbonyl (C=O) groups excluding carboxylic acids is 1. The SMILES string of the molecule is CCN(C(=O)C=Cc1ccccc1)c1ccccc1. The van der Waals surface area contributed by atoms with Crippen molar-refractivity contribution >= 4 is 17.7 Å². The van der Waals surface area contributed by atoms with Gasteiger partial charge in [-0.3, -0.25) is 4.79 Å². The molecule has 0 radical (unpaired) electrons. The quantitative estimate of drug-likeness (QED) is 0.758. The van der Waals surface area contributed by atoms with Gasteiger partial charge in [-0.15, -0.1) is 0 Å². The van der Waals surface area contributed by atoms with Crippen LogP contribution in [0.5, 0.6) is 0 Å². The maximum atomic E-state index is 12.2. The first-order chi connectivity index (χ1) is 9.31. The maximum absolute atomic E-state index is 12.2. The van der Waals surface area contributed by atoms with Crippen molar-refractivity contribution in [3.05, 3.63) is 72.3 Å². The van der Waals surface area contributed by atoms with Crippen molar-refractivity contribution in [3.8, 4) is 0 Å². The van der Waals surface area contributed by atoms with Crippen LogP contribution in [0.25, 0.3) is 6.08 Å². The molecule has 19 heavy (non-hydrogen) atoms. The zero-order valence-electron chi connectivity index (χ0n) is 11.0. The van der Waals surface area contributed by atoms with Gasteiger partial charge in [-0.25, -0.2) is 0 Å². The summed E-state index contributed by atoms with van der Waals surface area (Å²) in [6.45, 7) is 2.63. The van der Waals surface area contributed by atoms with Gasteiger partial charge in [0.2, 0.25) is 0 Å². The molecule has 2 heteroatoms. The summed E-state index contributed by atoms with van der Waals surface area (Å²) < 4.78 is 0. The first kappa shape index (κ1) is 13.1. The van der Waals surface area contributed by atoms with Gasteiger partial charge in [0.05, 0.1) is 0 Å². The Morgan fingerprint density at radius 2 is 1.58 bits per heavy atom. The number of benzene rings is 2. The predicted octanol–water partition coefficient (Wildman–Crippen LogP) is 3.75. The Kier molecular flexibility index (Phi) is 4.51. The van der Waals surface area contributed by atoms with Gasteiger partial charge in [-0.2, -0.15) is 0 Å². The minimum Gasteiger partial charge on any atom is -0.309 e. The summed E-state index contributed by atoms with van der Waals surface area (Å²) in [5.41, 5.74) is 1.95. The zero-order valence-corrected chi connectivity index (χ0v) is 11.0. The summed E-state index contributed by atoms with van der Waals surface area (Å²) in [4.78, 5) is 13.9. The van der Waals surface area contributed by atoms with Gasteiger partial charge in [0.15, 0.2) is 0 Å². The minimum atomic E-state index is -0.00227. The Hall–Kier alpha value is -2.35. The standard InChI is InChI=1S/C17H17NO/c1-2-18(16-11-7-4-8-12-16)17(19)14-13-15-9-5-3-6-10-15/h3-14H,2H2,1H3. The van der Waals surface area contributed by atoms with Crippen LogP contribution in [0.3, 0.4) is 0 Å². The van der Waals surface area contributed by atoms with Crippen molar-refractivity contribution in [2.45, 2.75) is 6.92 Å². The largest absolute Gasteiger partial charge is 0.309 e. The highest BCUT2D eigenvalue weighted by Crippen LogP contribution is 2.13. The fraction of sp³-hybridized carbons (Fsp3) is 0.118.